The lowest BCUT2D eigenvalue weighted by atomic mass is 10.2. The lowest BCUT2D eigenvalue weighted by Gasteiger charge is -2.26. The second-order valence-corrected chi connectivity index (χ2v) is 7.13. The maximum atomic E-state index is 11.1. The van der Waals surface area contributed by atoms with E-state index in [2.05, 4.69) is 25.2 Å². The van der Waals surface area contributed by atoms with Crippen LogP contribution < -0.4 is 14.8 Å². The number of aromatic amines is 1. The van der Waals surface area contributed by atoms with Crippen molar-refractivity contribution in [1.82, 2.24) is 19.9 Å². The number of morpholine rings is 1. The van der Waals surface area contributed by atoms with E-state index in [0.29, 0.717) is 35.1 Å². The first kappa shape index (κ1) is 20.9. The molecule has 0 amide bonds. The number of methoxy groups -OCH3 is 1. The SMILES string of the molecule is COc1cc2c(Nc3c[nH]c(C(=O)O)c3)ncnc2cc1OCCCN1CCOCC1. The molecule has 3 heterocycles. The highest BCUT2D eigenvalue weighted by Gasteiger charge is 2.14. The number of H-pyrrole nitrogens is 1. The number of carbonyl (C=O) groups is 1. The molecule has 3 aromatic rings. The molecule has 1 aromatic carbocycles. The summed E-state index contributed by atoms with van der Waals surface area (Å²) in [6.07, 6.45) is 3.92. The summed E-state index contributed by atoms with van der Waals surface area (Å²) in [5.41, 5.74) is 1.36. The van der Waals surface area contributed by atoms with Gasteiger partial charge in [0.1, 0.15) is 17.8 Å². The van der Waals surface area contributed by atoms with Crippen molar-refractivity contribution in [3.05, 3.63) is 36.4 Å². The summed E-state index contributed by atoms with van der Waals surface area (Å²) in [6.45, 7) is 5.02. The number of aromatic nitrogens is 3. The number of carboxylic acid groups (broad SMARTS) is 1. The van der Waals surface area contributed by atoms with Gasteiger partial charge in [-0.1, -0.05) is 0 Å². The van der Waals surface area contributed by atoms with Gasteiger partial charge in [-0.05, 0) is 18.6 Å². The van der Waals surface area contributed by atoms with Crippen LogP contribution in [0.15, 0.2) is 30.7 Å². The van der Waals surface area contributed by atoms with Crippen molar-refractivity contribution in [2.45, 2.75) is 6.42 Å². The van der Waals surface area contributed by atoms with Crippen LogP contribution in [0.3, 0.4) is 0 Å². The Morgan fingerprint density at radius 1 is 1.26 bits per heavy atom. The molecule has 10 nitrogen and oxygen atoms in total. The van der Waals surface area contributed by atoms with E-state index in [-0.39, 0.29) is 5.69 Å². The summed E-state index contributed by atoms with van der Waals surface area (Å²) in [4.78, 5) is 24.8. The maximum Gasteiger partial charge on any atom is 0.352 e. The molecule has 0 bridgehead atoms. The fourth-order valence-corrected chi connectivity index (χ4v) is 3.46. The maximum absolute atomic E-state index is 11.1. The molecular weight excluding hydrogens is 402 g/mol. The minimum atomic E-state index is -1.03. The van der Waals surface area contributed by atoms with E-state index in [9.17, 15) is 4.79 Å². The van der Waals surface area contributed by atoms with Gasteiger partial charge in [0, 0.05) is 37.3 Å². The number of anilines is 2. The third kappa shape index (κ3) is 5.04. The van der Waals surface area contributed by atoms with Crippen molar-refractivity contribution in [3.63, 3.8) is 0 Å². The fourth-order valence-electron chi connectivity index (χ4n) is 3.46. The van der Waals surface area contributed by atoms with Crippen molar-refractivity contribution >= 4 is 28.4 Å². The topological polar surface area (TPSA) is 122 Å². The van der Waals surface area contributed by atoms with Gasteiger partial charge in [0.05, 0.1) is 38.1 Å². The standard InChI is InChI=1S/C21H25N5O5/c1-29-18-10-15-16(11-19(18)31-6-2-3-26-4-7-30-8-5-26)23-13-24-20(15)25-14-9-17(21(27)28)22-12-14/h9-13,22H,2-8H2,1H3,(H,27,28)(H,23,24,25). The number of rotatable bonds is 9. The average molecular weight is 427 g/mol. The van der Waals surface area contributed by atoms with Crippen LogP contribution in [0.25, 0.3) is 10.9 Å². The summed E-state index contributed by atoms with van der Waals surface area (Å²) in [7, 11) is 1.59. The third-order valence-electron chi connectivity index (χ3n) is 5.08. The predicted octanol–water partition coefficient (Wildman–Crippen LogP) is 2.51. The van der Waals surface area contributed by atoms with Gasteiger partial charge in [-0.2, -0.15) is 0 Å². The Hall–Kier alpha value is -3.37. The average Bonchev–Trinajstić information content (AvgIpc) is 3.26. The van der Waals surface area contributed by atoms with Crippen LogP contribution in [-0.2, 0) is 4.74 Å². The van der Waals surface area contributed by atoms with Crippen LogP contribution in [0, 0.1) is 0 Å². The number of nitrogens with one attached hydrogen (secondary N) is 2. The van der Waals surface area contributed by atoms with E-state index in [1.54, 1.807) is 13.3 Å². The number of carboxylic acids is 1. The van der Waals surface area contributed by atoms with Gasteiger partial charge in [-0.25, -0.2) is 14.8 Å². The van der Waals surface area contributed by atoms with Crippen molar-refractivity contribution in [1.29, 1.82) is 0 Å². The van der Waals surface area contributed by atoms with Crippen LogP contribution in [0.5, 0.6) is 11.5 Å². The molecule has 0 atom stereocenters. The number of ether oxygens (including phenoxy) is 3. The zero-order valence-corrected chi connectivity index (χ0v) is 17.3. The van der Waals surface area contributed by atoms with E-state index in [1.165, 1.54) is 12.4 Å². The van der Waals surface area contributed by atoms with Gasteiger partial charge in [0.15, 0.2) is 11.5 Å². The Morgan fingerprint density at radius 3 is 2.84 bits per heavy atom. The second kappa shape index (κ2) is 9.63. The molecule has 0 radical (unpaired) electrons. The molecule has 10 heteroatoms. The minimum Gasteiger partial charge on any atom is -0.493 e. The van der Waals surface area contributed by atoms with Gasteiger partial charge < -0.3 is 29.6 Å². The molecule has 1 saturated heterocycles. The zero-order chi connectivity index (χ0) is 21.6. The summed E-state index contributed by atoms with van der Waals surface area (Å²) >= 11 is 0. The number of hydrogen-bond donors (Lipinski definition) is 3. The van der Waals surface area contributed by atoms with Crippen LogP contribution in [0.2, 0.25) is 0 Å². The first-order chi connectivity index (χ1) is 15.1. The van der Waals surface area contributed by atoms with E-state index in [4.69, 9.17) is 19.3 Å². The van der Waals surface area contributed by atoms with Crippen molar-refractivity contribution in [2.24, 2.45) is 0 Å². The van der Waals surface area contributed by atoms with Crippen LogP contribution in [0.1, 0.15) is 16.9 Å². The molecule has 1 aliphatic heterocycles. The summed E-state index contributed by atoms with van der Waals surface area (Å²) in [6, 6.07) is 5.15. The molecule has 1 aliphatic rings. The van der Waals surface area contributed by atoms with E-state index in [1.807, 2.05) is 12.1 Å². The van der Waals surface area contributed by atoms with Gasteiger partial charge in [0.25, 0.3) is 0 Å². The van der Waals surface area contributed by atoms with Crippen molar-refractivity contribution < 1.29 is 24.1 Å². The molecule has 3 N–H and O–H groups in total. The minimum absolute atomic E-state index is 0.0891. The summed E-state index contributed by atoms with van der Waals surface area (Å²) in [5.74, 6) is 0.712. The molecule has 2 aromatic heterocycles. The largest absolute Gasteiger partial charge is 0.493 e. The van der Waals surface area contributed by atoms with Gasteiger partial charge in [-0.3, -0.25) is 4.90 Å². The van der Waals surface area contributed by atoms with E-state index in [0.717, 1.165) is 44.7 Å². The first-order valence-electron chi connectivity index (χ1n) is 10.1. The lowest BCUT2D eigenvalue weighted by molar-refractivity contribution is 0.0357. The highest BCUT2D eigenvalue weighted by atomic mass is 16.5. The molecule has 0 aliphatic carbocycles. The number of aromatic carboxylic acids is 1. The molecule has 1 fully saturated rings. The lowest BCUT2D eigenvalue weighted by Crippen LogP contribution is -2.37. The van der Waals surface area contributed by atoms with Crippen LogP contribution in [-0.4, -0.2) is 77.5 Å². The fraction of sp³-hybridized carbons (Fsp3) is 0.381. The highest BCUT2D eigenvalue weighted by molar-refractivity contribution is 5.93. The number of benzene rings is 1. The molecule has 0 saturated carbocycles. The Bertz CT molecular complexity index is 1050. The number of fused-ring (bicyclic) bond motifs is 1. The predicted molar refractivity (Wildman–Crippen MR) is 114 cm³/mol. The summed E-state index contributed by atoms with van der Waals surface area (Å²) in [5, 5.41) is 12.9. The Kier molecular flexibility index (Phi) is 6.48. The van der Waals surface area contributed by atoms with Crippen molar-refractivity contribution in [2.75, 3.05) is 51.9 Å². The normalized spacial score (nSPS) is 14.5. The Balaban J connectivity index is 1.47. The molecule has 4 rings (SSSR count). The molecule has 164 valence electrons. The Morgan fingerprint density at radius 2 is 2.10 bits per heavy atom. The number of nitrogens with zero attached hydrogens (tertiary/aromatic N) is 3. The van der Waals surface area contributed by atoms with Crippen LogP contribution >= 0.6 is 0 Å². The quantitative estimate of drug-likeness (QED) is 0.442. The van der Waals surface area contributed by atoms with Crippen molar-refractivity contribution in [3.8, 4) is 11.5 Å². The van der Waals surface area contributed by atoms with E-state index < -0.39 is 5.97 Å². The van der Waals surface area contributed by atoms with Gasteiger partial charge >= 0.3 is 5.97 Å². The van der Waals surface area contributed by atoms with E-state index >= 15 is 0 Å². The summed E-state index contributed by atoms with van der Waals surface area (Å²) < 4.78 is 16.9. The first-order valence-corrected chi connectivity index (χ1v) is 10.1. The number of hydrogen-bond acceptors (Lipinski definition) is 8. The Labute approximate surface area is 179 Å². The van der Waals surface area contributed by atoms with Crippen LogP contribution in [0.4, 0.5) is 11.5 Å². The monoisotopic (exact) mass is 427 g/mol. The zero-order valence-electron chi connectivity index (χ0n) is 17.3. The van der Waals surface area contributed by atoms with Gasteiger partial charge in [0.2, 0.25) is 0 Å². The smallest absolute Gasteiger partial charge is 0.352 e. The molecule has 0 unspecified atom stereocenters. The molecular formula is C21H25N5O5. The highest BCUT2D eigenvalue weighted by Crippen LogP contribution is 2.34. The van der Waals surface area contributed by atoms with Gasteiger partial charge in [-0.15, -0.1) is 0 Å². The molecule has 31 heavy (non-hydrogen) atoms. The molecule has 0 spiro atoms. The second-order valence-electron chi connectivity index (χ2n) is 7.13. The third-order valence-corrected chi connectivity index (χ3v) is 5.08.